The van der Waals surface area contributed by atoms with E-state index in [1.54, 1.807) is 18.6 Å². The van der Waals surface area contributed by atoms with Gasteiger partial charge in [-0.2, -0.15) is 0 Å². The quantitative estimate of drug-likeness (QED) is 0.0963. The SMILES string of the molecule is CCCCOCCOc1ccc(-c2cccc(/C=C/C(=O)Cc3ccc(S(=O)Cc4cncn4CCC)cc3)c2)cc1. The molecule has 0 aliphatic rings. The van der Waals surface area contributed by atoms with Crippen molar-refractivity contribution in [2.75, 3.05) is 19.8 Å². The summed E-state index contributed by atoms with van der Waals surface area (Å²) >= 11 is 0. The fourth-order valence-corrected chi connectivity index (χ4v) is 5.58. The van der Waals surface area contributed by atoms with Crippen LogP contribution in [0.5, 0.6) is 5.75 Å². The van der Waals surface area contributed by atoms with Crippen molar-refractivity contribution in [3.63, 3.8) is 0 Å². The summed E-state index contributed by atoms with van der Waals surface area (Å²) in [4.78, 5) is 17.6. The summed E-state index contributed by atoms with van der Waals surface area (Å²) in [5.74, 6) is 1.25. The molecule has 0 radical (unpaired) electrons. The van der Waals surface area contributed by atoms with Crippen molar-refractivity contribution in [2.24, 2.45) is 0 Å². The summed E-state index contributed by atoms with van der Waals surface area (Å²) in [6, 6.07) is 23.6. The first-order valence-electron chi connectivity index (χ1n) is 14.6. The Morgan fingerprint density at radius 3 is 2.50 bits per heavy atom. The fraction of sp³-hybridized carbons (Fsp3) is 0.314. The zero-order valence-corrected chi connectivity index (χ0v) is 25.4. The van der Waals surface area contributed by atoms with Crippen molar-refractivity contribution >= 4 is 22.7 Å². The van der Waals surface area contributed by atoms with Gasteiger partial charge in [-0.25, -0.2) is 4.98 Å². The van der Waals surface area contributed by atoms with Crippen molar-refractivity contribution < 1.29 is 18.5 Å². The van der Waals surface area contributed by atoms with E-state index < -0.39 is 10.8 Å². The number of aromatic nitrogens is 2. The van der Waals surface area contributed by atoms with Gasteiger partial charge in [-0.3, -0.25) is 9.00 Å². The highest BCUT2D eigenvalue weighted by atomic mass is 32.2. The molecular formula is C35H40N2O4S. The lowest BCUT2D eigenvalue weighted by Gasteiger charge is -2.08. The van der Waals surface area contributed by atoms with E-state index in [4.69, 9.17) is 9.47 Å². The van der Waals surface area contributed by atoms with Gasteiger partial charge < -0.3 is 14.0 Å². The number of rotatable bonds is 17. The minimum atomic E-state index is -1.17. The van der Waals surface area contributed by atoms with Crippen LogP contribution in [-0.2, 0) is 39.0 Å². The Morgan fingerprint density at radius 2 is 1.74 bits per heavy atom. The molecule has 220 valence electrons. The topological polar surface area (TPSA) is 70.4 Å². The van der Waals surface area contributed by atoms with Crippen LogP contribution in [0.1, 0.15) is 49.9 Å². The normalized spacial score (nSPS) is 12.0. The third-order valence-corrected chi connectivity index (χ3v) is 8.14. The number of nitrogens with zero attached hydrogens (tertiary/aromatic N) is 2. The van der Waals surface area contributed by atoms with Gasteiger partial charge in [-0.1, -0.05) is 68.8 Å². The second kappa shape index (κ2) is 16.6. The lowest BCUT2D eigenvalue weighted by atomic mass is 10.0. The second-order valence-electron chi connectivity index (χ2n) is 10.2. The first-order valence-corrected chi connectivity index (χ1v) is 16.0. The predicted octanol–water partition coefficient (Wildman–Crippen LogP) is 7.29. The molecule has 1 heterocycles. The zero-order chi connectivity index (χ0) is 29.6. The summed E-state index contributed by atoms with van der Waals surface area (Å²) in [6.07, 6.45) is 10.5. The molecule has 0 spiro atoms. The van der Waals surface area contributed by atoms with Crippen molar-refractivity contribution in [1.82, 2.24) is 9.55 Å². The smallest absolute Gasteiger partial charge is 0.160 e. The van der Waals surface area contributed by atoms with Gasteiger partial charge in [0.15, 0.2) is 5.78 Å². The molecule has 42 heavy (non-hydrogen) atoms. The Labute approximate surface area is 251 Å². The van der Waals surface area contributed by atoms with E-state index in [0.29, 0.717) is 19.0 Å². The summed E-state index contributed by atoms with van der Waals surface area (Å²) in [6.45, 7) is 7.02. The number of carbonyl (C=O) groups excluding carboxylic acids is 1. The maximum Gasteiger partial charge on any atom is 0.160 e. The van der Waals surface area contributed by atoms with E-state index in [-0.39, 0.29) is 12.2 Å². The molecule has 1 atom stereocenters. The minimum Gasteiger partial charge on any atom is -0.491 e. The van der Waals surface area contributed by atoms with Gasteiger partial charge >= 0.3 is 0 Å². The Bertz CT molecular complexity index is 1460. The van der Waals surface area contributed by atoms with Crippen LogP contribution in [0.25, 0.3) is 17.2 Å². The number of ether oxygens (including phenoxy) is 2. The molecule has 1 unspecified atom stereocenters. The van der Waals surface area contributed by atoms with Crippen LogP contribution < -0.4 is 4.74 Å². The van der Waals surface area contributed by atoms with Gasteiger partial charge in [0.25, 0.3) is 0 Å². The molecule has 0 saturated heterocycles. The van der Waals surface area contributed by atoms with Gasteiger partial charge in [0, 0.05) is 30.7 Å². The summed E-state index contributed by atoms with van der Waals surface area (Å²) in [5.41, 5.74) is 4.97. The Hall–Kier alpha value is -3.81. The van der Waals surface area contributed by atoms with Gasteiger partial charge in [0.2, 0.25) is 0 Å². The molecule has 0 aliphatic heterocycles. The number of benzene rings is 3. The predicted molar refractivity (Wildman–Crippen MR) is 170 cm³/mol. The number of aryl methyl sites for hydroxylation is 1. The highest BCUT2D eigenvalue weighted by molar-refractivity contribution is 7.84. The van der Waals surface area contributed by atoms with E-state index in [0.717, 1.165) is 71.0 Å². The molecule has 0 aliphatic carbocycles. The molecule has 6 nitrogen and oxygen atoms in total. The lowest BCUT2D eigenvalue weighted by Crippen LogP contribution is -2.07. The number of unbranched alkanes of at least 4 members (excludes halogenated alkanes) is 1. The number of allylic oxidation sites excluding steroid dienone is 1. The number of imidazole rings is 1. The van der Waals surface area contributed by atoms with Crippen LogP contribution in [0.2, 0.25) is 0 Å². The standard InChI is InChI=1S/C35H40N2O4S/c1-3-5-20-40-21-22-41-34-15-12-30(13-16-34)31-8-6-7-28(23-31)9-14-33(38)24-29-10-17-35(18-11-29)42(39)26-32-25-36-27-37(32)19-4-2/h6-18,23,25,27H,3-5,19-22,24,26H2,1-2H3/b14-9+. The number of carbonyl (C=O) groups is 1. The van der Waals surface area contributed by atoms with Crippen LogP contribution in [0.15, 0.2) is 96.3 Å². The van der Waals surface area contributed by atoms with Crippen LogP contribution in [0, 0.1) is 0 Å². The first-order chi connectivity index (χ1) is 20.6. The van der Waals surface area contributed by atoms with Crippen molar-refractivity contribution in [1.29, 1.82) is 0 Å². The van der Waals surface area contributed by atoms with Gasteiger partial charge in [0.05, 0.1) is 35.2 Å². The number of hydrogen-bond acceptors (Lipinski definition) is 5. The largest absolute Gasteiger partial charge is 0.491 e. The van der Waals surface area contributed by atoms with E-state index in [1.807, 2.05) is 71.3 Å². The van der Waals surface area contributed by atoms with Crippen molar-refractivity contribution in [3.8, 4) is 16.9 Å². The first kappa shape index (κ1) is 31.1. The average molecular weight is 585 g/mol. The van der Waals surface area contributed by atoms with Gasteiger partial charge in [-0.15, -0.1) is 0 Å². The Morgan fingerprint density at radius 1 is 0.929 bits per heavy atom. The second-order valence-corrected chi connectivity index (χ2v) is 11.6. The molecule has 0 fully saturated rings. The molecule has 4 rings (SSSR count). The molecule has 1 aromatic heterocycles. The summed E-state index contributed by atoms with van der Waals surface area (Å²) in [7, 11) is -1.17. The van der Waals surface area contributed by atoms with Crippen LogP contribution >= 0.6 is 0 Å². The van der Waals surface area contributed by atoms with E-state index in [2.05, 4.69) is 31.0 Å². The van der Waals surface area contributed by atoms with Crippen LogP contribution in [0.4, 0.5) is 0 Å². The molecule has 0 bridgehead atoms. The van der Waals surface area contributed by atoms with Gasteiger partial charge in [-0.05, 0) is 71.5 Å². The third kappa shape index (κ3) is 9.64. The molecular weight excluding hydrogens is 544 g/mol. The molecule has 0 N–H and O–H groups in total. The van der Waals surface area contributed by atoms with Crippen molar-refractivity contribution in [3.05, 3.63) is 108 Å². The van der Waals surface area contributed by atoms with E-state index in [1.165, 1.54) is 0 Å². The monoisotopic (exact) mass is 584 g/mol. The van der Waals surface area contributed by atoms with Crippen LogP contribution in [0.3, 0.4) is 0 Å². The van der Waals surface area contributed by atoms with Crippen LogP contribution in [-0.4, -0.2) is 39.4 Å². The Balaban J connectivity index is 1.27. The molecule has 3 aromatic carbocycles. The molecule has 7 heteroatoms. The highest BCUT2D eigenvalue weighted by Crippen LogP contribution is 2.24. The fourth-order valence-electron chi connectivity index (χ4n) is 4.47. The van der Waals surface area contributed by atoms with E-state index >= 15 is 0 Å². The molecule has 0 amide bonds. The Kier molecular flexibility index (Phi) is 12.3. The molecule has 0 saturated carbocycles. The van der Waals surface area contributed by atoms with E-state index in [9.17, 15) is 9.00 Å². The minimum absolute atomic E-state index is 0.0120. The molecule has 4 aromatic rings. The highest BCUT2D eigenvalue weighted by Gasteiger charge is 2.10. The van der Waals surface area contributed by atoms with Crippen molar-refractivity contribution in [2.45, 2.75) is 56.7 Å². The average Bonchev–Trinajstić information content (AvgIpc) is 3.45. The maximum absolute atomic E-state index is 12.9. The summed E-state index contributed by atoms with van der Waals surface area (Å²) in [5, 5.41) is 0. The lowest BCUT2D eigenvalue weighted by molar-refractivity contribution is -0.113. The summed E-state index contributed by atoms with van der Waals surface area (Å²) < 4.78 is 26.2. The number of hydrogen-bond donors (Lipinski definition) is 0. The van der Waals surface area contributed by atoms with Gasteiger partial charge in [0.1, 0.15) is 12.4 Å². The maximum atomic E-state index is 12.9. The number of ketones is 1. The zero-order valence-electron chi connectivity index (χ0n) is 24.5. The third-order valence-electron chi connectivity index (χ3n) is 6.78.